The van der Waals surface area contributed by atoms with Crippen molar-refractivity contribution in [1.29, 1.82) is 0 Å². The number of hydrogen-bond donors (Lipinski definition) is 1. The Hall–Kier alpha value is -0.340. The molecule has 0 aliphatic rings. The lowest BCUT2D eigenvalue weighted by atomic mass is 10.1. The predicted molar refractivity (Wildman–Crippen MR) is 102 cm³/mol. The summed E-state index contributed by atoms with van der Waals surface area (Å²) in [5.74, 6) is 0. The smallest absolute Gasteiger partial charge is 0.0774 e. The van der Waals surface area contributed by atoms with E-state index in [1.54, 1.807) is 0 Å². The van der Waals surface area contributed by atoms with E-state index in [1.807, 2.05) is 0 Å². The van der Waals surface area contributed by atoms with Crippen LogP contribution in [0.2, 0.25) is 0 Å². The predicted octanol–water partition coefficient (Wildman–Crippen LogP) is 6.24. The van der Waals surface area contributed by atoms with Crippen LogP contribution in [0.3, 0.4) is 0 Å². The van der Waals surface area contributed by atoms with Gasteiger partial charge in [-0.05, 0) is 39.0 Å². The Labute approximate surface area is 145 Å². The number of aliphatic hydroxyl groups is 1. The van der Waals surface area contributed by atoms with E-state index in [2.05, 4.69) is 26.0 Å². The molecule has 1 unspecified atom stereocenters. The molecule has 0 aromatic heterocycles. The lowest BCUT2D eigenvalue weighted by molar-refractivity contribution is 0.0564. The Morgan fingerprint density at radius 2 is 1.26 bits per heavy atom. The zero-order chi connectivity index (χ0) is 17.0. The molecule has 0 aromatic rings. The molecule has 0 aromatic carbocycles. The normalized spacial score (nSPS) is 13.0. The van der Waals surface area contributed by atoms with Gasteiger partial charge in [-0.1, -0.05) is 76.9 Å². The Bertz CT molecular complexity index is 236. The molecular formula is C21H41O2. The molecule has 0 aliphatic heterocycles. The van der Waals surface area contributed by atoms with E-state index in [0.29, 0.717) is 6.61 Å². The summed E-state index contributed by atoms with van der Waals surface area (Å²) in [7, 11) is 0. The third kappa shape index (κ3) is 21.7. The van der Waals surface area contributed by atoms with Gasteiger partial charge < -0.3 is 9.84 Å². The Morgan fingerprint density at radius 3 is 1.78 bits per heavy atom. The van der Waals surface area contributed by atoms with E-state index in [-0.39, 0.29) is 0 Å². The Balaban J connectivity index is 3.05. The molecule has 2 heteroatoms. The summed E-state index contributed by atoms with van der Waals surface area (Å²) in [6, 6.07) is 0. The van der Waals surface area contributed by atoms with Gasteiger partial charge in [-0.2, -0.15) is 0 Å². The van der Waals surface area contributed by atoms with Crippen LogP contribution >= 0.6 is 0 Å². The largest absolute Gasteiger partial charge is 0.391 e. The Morgan fingerprint density at radius 1 is 0.783 bits per heavy atom. The third-order valence-electron chi connectivity index (χ3n) is 4.11. The second-order valence-corrected chi connectivity index (χ2v) is 6.67. The number of ether oxygens (including phenoxy) is 1. The highest BCUT2D eigenvalue weighted by molar-refractivity contribution is 4.81. The molecule has 1 N–H and O–H groups in total. The number of aliphatic hydroxyl groups excluding tert-OH is 1. The maximum absolute atomic E-state index is 8.95. The van der Waals surface area contributed by atoms with Gasteiger partial charge in [0, 0.05) is 6.61 Å². The van der Waals surface area contributed by atoms with Gasteiger partial charge in [-0.3, -0.25) is 0 Å². The molecular weight excluding hydrogens is 284 g/mol. The van der Waals surface area contributed by atoms with Gasteiger partial charge in [-0.15, -0.1) is 0 Å². The summed E-state index contributed by atoms with van der Waals surface area (Å²) in [4.78, 5) is 0. The van der Waals surface area contributed by atoms with E-state index in [0.717, 1.165) is 13.0 Å². The van der Waals surface area contributed by atoms with Crippen LogP contribution < -0.4 is 0 Å². The second kappa shape index (κ2) is 19.7. The molecule has 0 saturated carbocycles. The lowest BCUT2D eigenvalue weighted by Gasteiger charge is -2.05. The summed E-state index contributed by atoms with van der Waals surface area (Å²) in [6.07, 6.45) is 22.7. The third-order valence-corrected chi connectivity index (χ3v) is 4.11. The fraction of sp³-hybridized carbons (Fsp3) is 0.857. The van der Waals surface area contributed by atoms with Crippen LogP contribution in [0.25, 0.3) is 0 Å². The average Bonchev–Trinajstić information content (AvgIpc) is 2.53. The fourth-order valence-corrected chi connectivity index (χ4v) is 2.67. The molecule has 137 valence electrons. The summed E-state index contributed by atoms with van der Waals surface area (Å²) < 4.78 is 5.29. The average molecular weight is 326 g/mol. The molecule has 0 amide bonds. The molecule has 0 spiro atoms. The first-order valence-electron chi connectivity index (χ1n) is 10.0. The lowest BCUT2D eigenvalue weighted by Crippen LogP contribution is -2.11. The summed E-state index contributed by atoms with van der Waals surface area (Å²) in [5, 5.41) is 8.95. The minimum atomic E-state index is -0.580. The Kier molecular flexibility index (Phi) is 19.4. The van der Waals surface area contributed by atoms with Gasteiger partial charge >= 0.3 is 0 Å². The molecule has 0 fully saturated rings. The van der Waals surface area contributed by atoms with E-state index >= 15 is 0 Å². The number of unbranched alkanes of at least 4 members (excludes halogenated alkanes) is 12. The van der Waals surface area contributed by atoms with Gasteiger partial charge in [-0.25, -0.2) is 0 Å². The van der Waals surface area contributed by atoms with Crippen LogP contribution in [-0.4, -0.2) is 24.4 Å². The highest BCUT2D eigenvalue weighted by atomic mass is 16.5. The molecule has 0 heterocycles. The van der Waals surface area contributed by atoms with Crippen molar-refractivity contribution in [3.63, 3.8) is 0 Å². The van der Waals surface area contributed by atoms with Gasteiger partial charge in [0.25, 0.3) is 0 Å². The quantitative estimate of drug-likeness (QED) is 0.239. The van der Waals surface area contributed by atoms with E-state index in [4.69, 9.17) is 9.84 Å². The summed E-state index contributed by atoms with van der Waals surface area (Å²) in [6.45, 7) is 6.87. The second-order valence-electron chi connectivity index (χ2n) is 6.67. The standard InChI is InChI=1S/C21H41O2/c1-3-4-5-6-7-8-9-10-11-12-13-14-15-16-17-18-19-23-20-21(2)22/h10-11,21-22H,2-9,12-20H2,1H3/b11-10-. The van der Waals surface area contributed by atoms with Crippen LogP contribution in [0.15, 0.2) is 12.2 Å². The van der Waals surface area contributed by atoms with Crippen molar-refractivity contribution in [2.24, 2.45) is 0 Å². The highest BCUT2D eigenvalue weighted by Crippen LogP contribution is 2.09. The first-order chi connectivity index (χ1) is 11.3. The highest BCUT2D eigenvalue weighted by Gasteiger charge is 1.95. The molecule has 0 bridgehead atoms. The van der Waals surface area contributed by atoms with Crippen molar-refractivity contribution in [2.45, 2.75) is 103 Å². The minimum Gasteiger partial charge on any atom is -0.391 e. The number of hydrogen-bond acceptors (Lipinski definition) is 2. The molecule has 0 saturated heterocycles. The van der Waals surface area contributed by atoms with Crippen molar-refractivity contribution in [3.8, 4) is 0 Å². The van der Waals surface area contributed by atoms with Crippen molar-refractivity contribution >= 4 is 0 Å². The number of rotatable bonds is 18. The topological polar surface area (TPSA) is 29.5 Å². The van der Waals surface area contributed by atoms with Crippen LogP contribution in [0.5, 0.6) is 0 Å². The van der Waals surface area contributed by atoms with E-state index in [9.17, 15) is 0 Å². The zero-order valence-electron chi connectivity index (χ0n) is 15.6. The molecule has 1 atom stereocenters. The van der Waals surface area contributed by atoms with Crippen LogP contribution in [-0.2, 0) is 4.74 Å². The summed E-state index contributed by atoms with van der Waals surface area (Å²) in [5.41, 5.74) is 0. The van der Waals surface area contributed by atoms with Gasteiger partial charge in [0.1, 0.15) is 0 Å². The molecule has 2 nitrogen and oxygen atoms in total. The first-order valence-corrected chi connectivity index (χ1v) is 10.0. The van der Waals surface area contributed by atoms with Crippen LogP contribution in [0, 0.1) is 6.92 Å². The van der Waals surface area contributed by atoms with Crippen LogP contribution in [0.1, 0.15) is 96.8 Å². The maximum Gasteiger partial charge on any atom is 0.0774 e. The van der Waals surface area contributed by atoms with E-state index in [1.165, 1.54) is 83.5 Å². The van der Waals surface area contributed by atoms with Crippen molar-refractivity contribution < 1.29 is 9.84 Å². The van der Waals surface area contributed by atoms with Gasteiger partial charge in [0.05, 0.1) is 12.7 Å². The van der Waals surface area contributed by atoms with Crippen molar-refractivity contribution in [2.75, 3.05) is 13.2 Å². The molecule has 1 radical (unpaired) electrons. The molecule has 23 heavy (non-hydrogen) atoms. The van der Waals surface area contributed by atoms with Crippen molar-refractivity contribution in [1.82, 2.24) is 0 Å². The SMILES string of the molecule is [CH2]C(O)COCCCCCCCC/C=C\CCCCCCCC. The molecule has 0 rings (SSSR count). The van der Waals surface area contributed by atoms with E-state index < -0.39 is 6.10 Å². The maximum atomic E-state index is 8.95. The first kappa shape index (κ1) is 22.7. The molecule has 0 aliphatic carbocycles. The summed E-state index contributed by atoms with van der Waals surface area (Å²) >= 11 is 0. The van der Waals surface area contributed by atoms with Crippen molar-refractivity contribution in [3.05, 3.63) is 19.1 Å². The monoisotopic (exact) mass is 325 g/mol. The van der Waals surface area contributed by atoms with Crippen LogP contribution in [0.4, 0.5) is 0 Å². The number of allylic oxidation sites excluding steroid dienone is 2. The minimum absolute atomic E-state index is 0.366. The zero-order valence-corrected chi connectivity index (χ0v) is 15.6. The fourth-order valence-electron chi connectivity index (χ4n) is 2.67. The van der Waals surface area contributed by atoms with Gasteiger partial charge in [0.2, 0.25) is 0 Å². The van der Waals surface area contributed by atoms with Gasteiger partial charge in [0.15, 0.2) is 0 Å².